The standard InChI is InChI=1S/C8H10O3S.C4H7NO/c1-7-3-5-8(6-4-7)12(9,10)11-2;1-4-5-2-3-6-4/h3-6H,1-2H3;2-3H2,1H3. The molecule has 0 fully saturated rings. The summed E-state index contributed by atoms with van der Waals surface area (Å²) in [5.41, 5.74) is 1.02. The van der Waals surface area contributed by atoms with E-state index in [1.165, 1.54) is 12.1 Å². The summed E-state index contributed by atoms with van der Waals surface area (Å²) < 4.78 is 31.4. The average molecular weight is 271 g/mol. The zero-order valence-electron chi connectivity index (χ0n) is 10.7. The number of aliphatic imine (C=N–C) groups is 1. The van der Waals surface area contributed by atoms with Crippen LogP contribution >= 0.6 is 0 Å². The zero-order chi connectivity index (χ0) is 13.6. The molecule has 5 nitrogen and oxygen atoms in total. The van der Waals surface area contributed by atoms with Gasteiger partial charge in [0.05, 0.1) is 18.6 Å². The number of aryl methyl sites for hydroxylation is 1. The van der Waals surface area contributed by atoms with Crippen LogP contribution in [0.2, 0.25) is 0 Å². The maximum atomic E-state index is 11.1. The van der Waals surface area contributed by atoms with Crippen molar-refractivity contribution in [3.8, 4) is 0 Å². The molecule has 0 N–H and O–H groups in total. The topological polar surface area (TPSA) is 65.0 Å². The summed E-state index contributed by atoms with van der Waals surface area (Å²) in [5, 5.41) is 0. The van der Waals surface area contributed by atoms with E-state index in [0.29, 0.717) is 0 Å². The van der Waals surface area contributed by atoms with E-state index in [-0.39, 0.29) is 4.90 Å². The fourth-order valence-corrected chi connectivity index (χ4v) is 1.91. The van der Waals surface area contributed by atoms with Crippen LogP contribution in [0.5, 0.6) is 0 Å². The lowest BCUT2D eigenvalue weighted by atomic mass is 10.2. The molecule has 0 aromatic heterocycles. The van der Waals surface area contributed by atoms with Crippen LogP contribution < -0.4 is 0 Å². The van der Waals surface area contributed by atoms with Crippen molar-refractivity contribution in [1.29, 1.82) is 0 Å². The monoisotopic (exact) mass is 271 g/mol. The van der Waals surface area contributed by atoms with Gasteiger partial charge >= 0.3 is 0 Å². The van der Waals surface area contributed by atoms with Crippen LogP contribution in [0.25, 0.3) is 0 Å². The van der Waals surface area contributed by atoms with Crippen LogP contribution in [-0.2, 0) is 19.0 Å². The predicted molar refractivity (Wildman–Crippen MR) is 69.3 cm³/mol. The molecule has 0 radical (unpaired) electrons. The van der Waals surface area contributed by atoms with E-state index in [0.717, 1.165) is 31.7 Å². The van der Waals surface area contributed by atoms with Crippen molar-refractivity contribution in [3.63, 3.8) is 0 Å². The molecule has 0 saturated carbocycles. The Morgan fingerprint density at radius 1 is 1.22 bits per heavy atom. The van der Waals surface area contributed by atoms with E-state index >= 15 is 0 Å². The Morgan fingerprint density at radius 3 is 2.17 bits per heavy atom. The van der Waals surface area contributed by atoms with Crippen molar-refractivity contribution in [1.82, 2.24) is 0 Å². The molecular formula is C12H17NO4S. The van der Waals surface area contributed by atoms with Crippen molar-refractivity contribution < 1.29 is 17.3 Å². The largest absolute Gasteiger partial charge is 0.479 e. The van der Waals surface area contributed by atoms with E-state index in [1.54, 1.807) is 12.1 Å². The number of hydrogen-bond acceptors (Lipinski definition) is 5. The third-order valence-electron chi connectivity index (χ3n) is 2.27. The Balaban J connectivity index is 0.000000225. The summed E-state index contributed by atoms with van der Waals surface area (Å²) in [5.74, 6) is 0.829. The molecular weight excluding hydrogens is 254 g/mol. The first-order valence-corrected chi connectivity index (χ1v) is 6.87. The van der Waals surface area contributed by atoms with E-state index in [2.05, 4.69) is 9.18 Å². The van der Waals surface area contributed by atoms with Gasteiger partial charge in [-0.25, -0.2) is 0 Å². The second-order valence-electron chi connectivity index (χ2n) is 3.68. The maximum Gasteiger partial charge on any atom is 0.296 e. The molecule has 0 bridgehead atoms. The number of ether oxygens (including phenoxy) is 1. The highest BCUT2D eigenvalue weighted by molar-refractivity contribution is 7.86. The fourth-order valence-electron chi connectivity index (χ4n) is 1.24. The lowest BCUT2D eigenvalue weighted by Crippen LogP contribution is -2.02. The lowest BCUT2D eigenvalue weighted by Gasteiger charge is -2.00. The molecule has 1 aromatic rings. The Bertz CT molecular complexity index is 505. The number of nitrogens with zero attached hydrogens (tertiary/aromatic N) is 1. The molecule has 0 amide bonds. The van der Waals surface area contributed by atoms with Crippen LogP contribution in [0.15, 0.2) is 34.2 Å². The van der Waals surface area contributed by atoms with E-state index in [1.807, 2.05) is 13.8 Å². The third-order valence-corrected chi connectivity index (χ3v) is 3.55. The van der Waals surface area contributed by atoms with Gasteiger partial charge in [-0.15, -0.1) is 0 Å². The highest BCUT2D eigenvalue weighted by Crippen LogP contribution is 2.11. The first-order chi connectivity index (χ1) is 8.45. The molecule has 6 heteroatoms. The van der Waals surface area contributed by atoms with E-state index < -0.39 is 10.1 Å². The van der Waals surface area contributed by atoms with Crippen molar-refractivity contribution >= 4 is 16.0 Å². The number of rotatable bonds is 2. The molecule has 1 aliphatic rings. The van der Waals surface area contributed by atoms with Crippen molar-refractivity contribution in [2.75, 3.05) is 20.3 Å². The predicted octanol–water partition coefficient (Wildman–Crippen LogP) is 1.77. The van der Waals surface area contributed by atoms with Gasteiger partial charge in [0, 0.05) is 6.92 Å². The zero-order valence-corrected chi connectivity index (χ0v) is 11.5. The molecule has 0 spiro atoms. The number of hydrogen-bond donors (Lipinski definition) is 0. The summed E-state index contributed by atoms with van der Waals surface area (Å²) in [6.07, 6.45) is 0. The highest BCUT2D eigenvalue weighted by atomic mass is 32.2. The fraction of sp³-hybridized carbons (Fsp3) is 0.417. The van der Waals surface area contributed by atoms with Gasteiger partial charge < -0.3 is 4.74 Å². The molecule has 1 aliphatic heterocycles. The second-order valence-corrected chi connectivity index (χ2v) is 5.40. The molecule has 2 rings (SSSR count). The Labute approximate surface area is 108 Å². The van der Waals surface area contributed by atoms with Crippen LogP contribution in [0.3, 0.4) is 0 Å². The van der Waals surface area contributed by atoms with E-state index in [9.17, 15) is 8.42 Å². The first kappa shape index (κ1) is 14.7. The summed E-state index contributed by atoms with van der Waals surface area (Å²) in [6, 6.07) is 6.50. The van der Waals surface area contributed by atoms with Crippen LogP contribution in [0.4, 0.5) is 0 Å². The smallest absolute Gasteiger partial charge is 0.296 e. The summed E-state index contributed by atoms with van der Waals surface area (Å²) in [6.45, 7) is 5.40. The van der Waals surface area contributed by atoms with Crippen molar-refractivity contribution in [2.45, 2.75) is 18.7 Å². The third kappa shape index (κ3) is 4.46. The van der Waals surface area contributed by atoms with E-state index in [4.69, 9.17) is 4.74 Å². The molecule has 0 aliphatic carbocycles. The maximum absolute atomic E-state index is 11.1. The molecule has 0 unspecified atom stereocenters. The molecule has 0 saturated heterocycles. The van der Waals surface area contributed by atoms with Crippen molar-refractivity contribution in [3.05, 3.63) is 29.8 Å². The van der Waals surface area contributed by atoms with Gasteiger partial charge in [-0.3, -0.25) is 9.18 Å². The minimum Gasteiger partial charge on any atom is -0.479 e. The molecule has 0 atom stereocenters. The summed E-state index contributed by atoms with van der Waals surface area (Å²) in [4.78, 5) is 4.12. The van der Waals surface area contributed by atoms with Crippen LogP contribution in [0.1, 0.15) is 12.5 Å². The molecule has 1 heterocycles. The van der Waals surface area contributed by atoms with Crippen LogP contribution in [0, 0.1) is 6.92 Å². The highest BCUT2D eigenvalue weighted by Gasteiger charge is 2.11. The Kier molecular flexibility index (Phi) is 5.30. The molecule has 18 heavy (non-hydrogen) atoms. The summed E-state index contributed by atoms with van der Waals surface area (Å²) >= 11 is 0. The first-order valence-electron chi connectivity index (χ1n) is 5.47. The van der Waals surface area contributed by atoms with Gasteiger partial charge in [0.15, 0.2) is 5.90 Å². The second kappa shape index (κ2) is 6.51. The van der Waals surface area contributed by atoms with Gasteiger partial charge in [-0.1, -0.05) is 17.7 Å². The van der Waals surface area contributed by atoms with Gasteiger partial charge in [0.2, 0.25) is 0 Å². The average Bonchev–Trinajstić information content (AvgIpc) is 2.82. The van der Waals surface area contributed by atoms with Crippen LogP contribution in [-0.4, -0.2) is 34.6 Å². The quantitative estimate of drug-likeness (QED) is 0.769. The normalized spacial score (nSPS) is 14.3. The molecule has 100 valence electrons. The van der Waals surface area contributed by atoms with Gasteiger partial charge in [0.1, 0.15) is 6.61 Å². The van der Waals surface area contributed by atoms with Gasteiger partial charge in [-0.2, -0.15) is 8.42 Å². The SMILES string of the molecule is CC1=NCCO1.COS(=O)(=O)c1ccc(C)cc1. The summed E-state index contributed by atoms with van der Waals surface area (Å²) in [7, 11) is -2.37. The Morgan fingerprint density at radius 2 is 1.83 bits per heavy atom. The lowest BCUT2D eigenvalue weighted by molar-refractivity contribution is 0.345. The molecule has 1 aromatic carbocycles. The minimum absolute atomic E-state index is 0.190. The Hall–Kier alpha value is -1.40. The minimum atomic E-state index is -3.51. The van der Waals surface area contributed by atoms with Gasteiger partial charge in [-0.05, 0) is 19.1 Å². The number of benzene rings is 1. The van der Waals surface area contributed by atoms with Crippen molar-refractivity contribution in [2.24, 2.45) is 4.99 Å². The van der Waals surface area contributed by atoms with Gasteiger partial charge in [0.25, 0.3) is 10.1 Å².